The lowest BCUT2D eigenvalue weighted by atomic mass is 9.66. The monoisotopic (exact) mass is 475 g/mol. The van der Waals surface area contributed by atoms with Crippen molar-refractivity contribution in [3.63, 3.8) is 0 Å². The Bertz CT molecular complexity index is 1310. The van der Waals surface area contributed by atoms with E-state index in [9.17, 15) is 4.39 Å². The highest BCUT2D eigenvalue weighted by Gasteiger charge is 2.50. The Morgan fingerprint density at radius 3 is 2.82 bits per heavy atom. The molecule has 6 rings (SSSR count). The molecule has 0 spiro atoms. The van der Waals surface area contributed by atoms with Crippen LogP contribution in [0.5, 0.6) is 0 Å². The highest BCUT2D eigenvalue weighted by molar-refractivity contribution is 8.12. The molecule has 1 saturated heterocycles. The van der Waals surface area contributed by atoms with E-state index in [2.05, 4.69) is 51.7 Å². The Morgan fingerprint density at radius 2 is 2.00 bits per heavy atom. The van der Waals surface area contributed by atoms with Crippen molar-refractivity contribution in [3.05, 3.63) is 71.7 Å². The molecule has 0 saturated carbocycles. The number of hydrogen-bond donors (Lipinski definition) is 0. The molecule has 3 aromatic rings. The molecule has 1 fully saturated rings. The molecule has 0 N–H and O–H groups in total. The predicted octanol–water partition coefficient (Wildman–Crippen LogP) is 6.79. The molecular formula is C28H30FN3OS. The minimum atomic E-state index is -0.338. The first kappa shape index (κ1) is 21.9. The van der Waals surface area contributed by atoms with Crippen molar-refractivity contribution in [2.24, 2.45) is 10.4 Å². The van der Waals surface area contributed by atoms with Crippen LogP contribution in [-0.2, 0) is 11.2 Å². The van der Waals surface area contributed by atoms with E-state index in [-0.39, 0.29) is 11.2 Å². The van der Waals surface area contributed by atoms with E-state index in [1.54, 1.807) is 18.2 Å². The summed E-state index contributed by atoms with van der Waals surface area (Å²) < 4.78 is 22.9. The third-order valence-corrected chi connectivity index (χ3v) is 8.47. The van der Waals surface area contributed by atoms with Crippen molar-refractivity contribution in [1.29, 1.82) is 0 Å². The molecule has 4 heterocycles. The number of aliphatic imine (C=N–C) groups is 1. The molecule has 0 unspecified atom stereocenters. The largest absolute Gasteiger partial charge is 0.466 e. The molecular weight excluding hydrogens is 445 g/mol. The highest BCUT2D eigenvalue weighted by Crippen LogP contribution is 2.56. The summed E-state index contributed by atoms with van der Waals surface area (Å²) in [4.78, 5) is 7.18. The quantitative estimate of drug-likeness (QED) is 0.307. The molecule has 0 amide bonds. The molecule has 1 aromatic heterocycles. The van der Waals surface area contributed by atoms with Crippen LogP contribution in [0, 0.1) is 11.2 Å². The zero-order valence-corrected chi connectivity index (χ0v) is 20.6. The first-order valence-electron chi connectivity index (χ1n) is 12.2. The number of ether oxygens (including phenoxy) is 1. The second-order valence-electron chi connectivity index (χ2n) is 9.55. The number of piperidine rings is 1. The maximum Gasteiger partial charge on any atom is 0.251 e. The maximum atomic E-state index is 14.2. The summed E-state index contributed by atoms with van der Waals surface area (Å²) in [5.74, 6) is -0.338. The first-order valence-corrected chi connectivity index (χ1v) is 13.5. The molecule has 2 atom stereocenters. The molecule has 3 aliphatic heterocycles. The van der Waals surface area contributed by atoms with E-state index >= 15 is 0 Å². The van der Waals surface area contributed by atoms with Gasteiger partial charge in [-0.15, -0.1) is 0 Å². The van der Waals surface area contributed by atoms with Crippen LogP contribution in [0.4, 0.5) is 10.1 Å². The van der Waals surface area contributed by atoms with Gasteiger partial charge in [0, 0.05) is 23.0 Å². The van der Waals surface area contributed by atoms with Crippen LogP contribution in [0.15, 0.2) is 59.6 Å². The van der Waals surface area contributed by atoms with Crippen LogP contribution >= 0.6 is 11.8 Å². The van der Waals surface area contributed by atoms with Crippen molar-refractivity contribution in [2.75, 3.05) is 26.0 Å². The Balaban J connectivity index is 1.44. The summed E-state index contributed by atoms with van der Waals surface area (Å²) in [5, 5.41) is 1.85. The van der Waals surface area contributed by atoms with Crippen molar-refractivity contribution in [1.82, 2.24) is 9.47 Å². The second kappa shape index (κ2) is 8.58. The molecule has 2 aromatic carbocycles. The number of thioether (sulfide) groups is 1. The lowest BCUT2D eigenvalue weighted by Gasteiger charge is -2.53. The molecule has 0 radical (unpaired) electrons. The van der Waals surface area contributed by atoms with E-state index in [4.69, 9.17) is 4.74 Å². The molecule has 0 aliphatic carbocycles. The molecule has 0 bridgehead atoms. The van der Waals surface area contributed by atoms with Crippen LogP contribution in [-0.4, -0.2) is 40.6 Å². The maximum absolute atomic E-state index is 14.2. The van der Waals surface area contributed by atoms with Gasteiger partial charge in [0.1, 0.15) is 18.1 Å². The molecule has 3 aliphatic rings. The summed E-state index contributed by atoms with van der Waals surface area (Å²) >= 11 is 1.41. The first-order chi connectivity index (χ1) is 16.6. The van der Waals surface area contributed by atoms with E-state index in [0.717, 1.165) is 19.4 Å². The number of halogens is 1. The van der Waals surface area contributed by atoms with Gasteiger partial charge in [0.25, 0.3) is 5.23 Å². The van der Waals surface area contributed by atoms with Crippen molar-refractivity contribution in [3.8, 4) is 0 Å². The van der Waals surface area contributed by atoms with E-state index in [1.807, 2.05) is 6.26 Å². The zero-order chi connectivity index (χ0) is 23.3. The molecule has 34 heavy (non-hydrogen) atoms. The lowest BCUT2D eigenvalue weighted by molar-refractivity contribution is 0.0264. The van der Waals surface area contributed by atoms with Gasteiger partial charge in [0.05, 0.1) is 17.3 Å². The average Bonchev–Trinajstić information content (AvgIpc) is 3.22. The minimum absolute atomic E-state index is 0.124. The fraction of sp³-hybridized carbons (Fsp3) is 0.393. The third-order valence-electron chi connectivity index (χ3n) is 7.91. The Morgan fingerprint density at radius 1 is 1.18 bits per heavy atom. The van der Waals surface area contributed by atoms with Gasteiger partial charge in [-0.3, -0.25) is 4.90 Å². The fourth-order valence-electron chi connectivity index (χ4n) is 6.41. The number of hydrogen-bond acceptors (Lipinski definition) is 4. The number of fused-ring (bicyclic) bond motifs is 3. The van der Waals surface area contributed by atoms with Crippen LogP contribution in [0.25, 0.3) is 16.6 Å². The van der Waals surface area contributed by atoms with Gasteiger partial charge in [-0.05, 0) is 62.2 Å². The molecule has 6 heteroatoms. The third kappa shape index (κ3) is 3.34. The molecule has 176 valence electrons. The molecule has 4 nitrogen and oxygen atoms in total. The van der Waals surface area contributed by atoms with Crippen molar-refractivity contribution >= 4 is 39.3 Å². The van der Waals surface area contributed by atoms with Crippen molar-refractivity contribution < 1.29 is 9.13 Å². The SMILES string of the molecule is CC[C@@]12C=C(COC(=Nc3ccccc3F)SC)n3c4c(c5ccccc53)CCN(CCC1)[C@H]42. The number of para-hydroxylation sites is 2. The zero-order valence-electron chi connectivity index (χ0n) is 19.8. The summed E-state index contributed by atoms with van der Waals surface area (Å²) in [5.41, 5.74) is 5.84. The smallest absolute Gasteiger partial charge is 0.251 e. The van der Waals surface area contributed by atoms with Gasteiger partial charge >= 0.3 is 0 Å². The number of aromatic nitrogens is 1. The van der Waals surface area contributed by atoms with Gasteiger partial charge < -0.3 is 9.30 Å². The summed E-state index contributed by atoms with van der Waals surface area (Å²) in [6.07, 6.45) is 9.06. The number of rotatable bonds is 4. The van der Waals surface area contributed by atoms with E-state index in [1.165, 1.54) is 65.1 Å². The highest BCUT2D eigenvalue weighted by atomic mass is 32.2. The Hall–Kier alpha value is -2.57. The Kier molecular flexibility index (Phi) is 5.53. The van der Waals surface area contributed by atoms with Gasteiger partial charge in [-0.1, -0.05) is 55.1 Å². The van der Waals surface area contributed by atoms with Crippen LogP contribution < -0.4 is 0 Å². The predicted molar refractivity (Wildman–Crippen MR) is 139 cm³/mol. The Labute approximate surface area is 204 Å². The topological polar surface area (TPSA) is 29.8 Å². The number of nitrogens with zero attached hydrogens (tertiary/aromatic N) is 3. The van der Waals surface area contributed by atoms with Gasteiger partial charge in [0.2, 0.25) is 0 Å². The summed E-state index contributed by atoms with van der Waals surface area (Å²) in [6, 6.07) is 15.8. The van der Waals surface area contributed by atoms with Crippen LogP contribution in [0.1, 0.15) is 43.5 Å². The van der Waals surface area contributed by atoms with Crippen LogP contribution in [0.3, 0.4) is 0 Å². The van der Waals surface area contributed by atoms with E-state index in [0.29, 0.717) is 23.6 Å². The standard InChI is InChI=1S/C28H30FN3OS/c1-3-28-14-8-15-31-16-13-21-20-9-4-7-12-24(20)32(25(21)26(28)31)19(17-28)18-33-27(34-2)30-23-11-6-5-10-22(23)29/h4-7,9-12,17,26H,3,8,13-16,18H2,1-2H3/t26-,28+/m1/s1. The number of benzene rings is 2. The normalized spacial score (nSPS) is 24.1. The summed E-state index contributed by atoms with van der Waals surface area (Å²) in [7, 11) is 0. The fourth-order valence-corrected chi connectivity index (χ4v) is 6.77. The van der Waals surface area contributed by atoms with Gasteiger partial charge in [-0.2, -0.15) is 0 Å². The minimum Gasteiger partial charge on any atom is -0.466 e. The van der Waals surface area contributed by atoms with Crippen LogP contribution in [0.2, 0.25) is 0 Å². The summed E-state index contributed by atoms with van der Waals surface area (Å²) in [6.45, 7) is 5.06. The van der Waals surface area contributed by atoms with Gasteiger partial charge in [0.15, 0.2) is 0 Å². The van der Waals surface area contributed by atoms with Crippen molar-refractivity contribution in [2.45, 2.75) is 38.6 Å². The average molecular weight is 476 g/mol. The van der Waals surface area contributed by atoms with E-state index < -0.39 is 0 Å². The lowest BCUT2D eigenvalue weighted by Crippen LogP contribution is -2.50. The second-order valence-corrected chi connectivity index (χ2v) is 10.3. The van der Waals surface area contributed by atoms with Gasteiger partial charge in [-0.25, -0.2) is 9.38 Å².